The van der Waals surface area contributed by atoms with E-state index in [-0.39, 0.29) is 5.82 Å². The highest BCUT2D eigenvalue weighted by Crippen LogP contribution is 2.44. The molecule has 166 valence electrons. The molecule has 1 saturated heterocycles. The SMILES string of the molecule is CCCOc1c(C(C)O)ccc(N2CCC(c3nsc4cc(F)ccc34)CC2)c1OC. The summed E-state index contributed by atoms with van der Waals surface area (Å²) in [5.41, 5.74) is 2.81. The Labute approximate surface area is 186 Å². The van der Waals surface area contributed by atoms with Gasteiger partial charge in [0.15, 0.2) is 11.5 Å². The van der Waals surface area contributed by atoms with Crippen molar-refractivity contribution in [2.45, 2.75) is 45.1 Å². The highest BCUT2D eigenvalue weighted by atomic mass is 32.1. The Bertz CT molecular complexity index is 1040. The third-order valence-corrected chi connectivity index (χ3v) is 6.73. The molecule has 0 radical (unpaired) electrons. The number of methoxy groups -OCH3 is 1. The fourth-order valence-electron chi connectivity index (χ4n) is 4.31. The van der Waals surface area contributed by atoms with Crippen LogP contribution in [0, 0.1) is 5.82 Å². The van der Waals surface area contributed by atoms with Crippen molar-refractivity contribution in [1.82, 2.24) is 4.37 Å². The summed E-state index contributed by atoms with van der Waals surface area (Å²) in [4.78, 5) is 2.31. The molecule has 0 bridgehead atoms. The van der Waals surface area contributed by atoms with E-state index in [1.807, 2.05) is 18.2 Å². The van der Waals surface area contributed by atoms with Crippen molar-refractivity contribution in [2.24, 2.45) is 0 Å². The predicted octanol–water partition coefficient (Wildman–Crippen LogP) is 5.67. The lowest BCUT2D eigenvalue weighted by Crippen LogP contribution is -2.33. The average Bonchev–Trinajstić information content (AvgIpc) is 3.19. The third-order valence-electron chi connectivity index (χ3n) is 5.91. The molecule has 0 spiro atoms. The van der Waals surface area contributed by atoms with Gasteiger partial charge in [-0.3, -0.25) is 0 Å². The van der Waals surface area contributed by atoms with Crippen molar-refractivity contribution >= 4 is 27.3 Å². The molecular formula is C24H29FN2O3S. The number of nitrogens with zero attached hydrogens (tertiary/aromatic N) is 2. The zero-order valence-corrected chi connectivity index (χ0v) is 19.0. The van der Waals surface area contributed by atoms with Gasteiger partial charge in [-0.15, -0.1) is 0 Å². The van der Waals surface area contributed by atoms with Gasteiger partial charge in [-0.05, 0) is 62.0 Å². The van der Waals surface area contributed by atoms with Crippen LogP contribution in [0.25, 0.3) is 10.1 Å². The van der Waals surface area contributed by atoms with Gasteiger partial charge in [0, 0.05) is 30.0 Å². The van der Waals surface area contributed by atoms with Crippen LogP contribution in [0.15, 0.2) is 30.3 Å². The number of piperidine rings is 1. The maximum atomic E-state index is 13.5. The zero-order valence-electron chi connectivity index (χ0n) is 18.2. The molecule has 7 heteroatoms. The highest BCUT2D eigenvalue weighted by Gasteiger charge is 2.28. The van der Waals surface area contributed by atoms with Crippen molar-refractivity contribution in [1.29, 1.82) is 0 Å². The number of anilines is 1. The van der Waals surface area contributed by atoms with E-state index >= 15 is 0 Å². The maximum Gasteiger partial charge on any atom is 0.184 e. The molecule has 4 rings (SSSR count). The average molecular weight is 445 g/mol. The van der Waals surface area contributed by atoms with E-state index in [2.05, 4.69) is 16.2 Å². The van der Waals surface area contributed by atoms with E-state index in [1.165, 1.54) is 17.6 Å². The Morgan fingerprint density at radius 3 is 2.68 bits per heavy atom. The van der Waals surface area contributed by atoms with Crippen molar-refractivity contribution < 1.29 is 19.0 Å². The van der Waals surface area contributed by atoms with Gasteiger partial charge in [-0.2, -0.15) is 4.37 Å². The molecule has 1 aliphatic heterocycles. The quantitative estimate of drug-likeness (QED) is 0.509. The summed E-state index contributed by atoms with van der Waals surface area (Å²) >= 11 is 1.37. The lowest BCUT2D eigenvalue weighted by atomic mass is 9.91. The molecule has 0 saturated carbocycles. The first-order valence-electron chi connectivity index (χ1n) is 10.8. The summed E-state index contributed by atoms with van der Waals surface area (Å²) in [7, 11) is 1.65. The predicted molar refractivity (Wildman–Crippen MR) is 123 cm³/mol. The summed E-state index contributed by atoms with van der Waals surface area (Å²) in [6.07, 6.45) is 2.16. The molecule has 2 heterocycles. The number of ether oxygens (including phenoxy) is 2. The molecule has 5 nitrogen and oxygen atoms in total. The summed E-state index contributed by atoms with van der Waals surface area (Å²) in [6.45, 7) is 6.09. The first-order valence-corrected chi connectivity index (χ1v) is 11.6. The van der Waals surface area contributed by atoms with Crippen molar-refractivity contribution in [3.8, 4) is 11.5 Å². The van der Waals surface area contributed by atoms with Gasteiger partial charge >= 0.3 is 0 Å². The van der Waals surface area contributed by atoms with E-state index in [9.17, 15) is 9.50 Å². The minimum absolute atomic E-state index is 0.216. The minimum atomic E-state index is -0.636. The summed E-state index contributed by atoms with van der Waals surface area (Å²) in [5, 5.41) is 11.3. The second kappa shape index (κ2) is 9.40. The molecule has 1 aliphatic rings. The molecule has 0 amide bonds. The second-order valence-corrected chi connectivity index (χ2v) is 8.84. The van der Waals surface area contributed by atoms with Gasteiger partial charge in [-0.25, -0.2) is 4.39 Å². The van der Waals surface area contributed by atoms with Crippen LogP contribution in [-0.2, 0) is 0 Å². The minimum Gasteiger partial charge on any atom is -0.491 e. The van der Waals surface area contributed by atoms with E-state index in [0.717, 1.165) is 59.4 Å². The normalized spacial score (nSPS) is 16.0. The van der Waals surface area contributed by atoms with Crippen LogP contribution in [0.5, 0.6) is 11.5 Å². The zero-order chi connectivity index (χ0) is 22.0. The topological polar surface area (TPSA) is 54.8 Å². The van der Waals surface area contributed by atoms with Crippen molar-refractivity contribution in [3.05, 3.63) is 47.4 Å². The fraction of sp³-hybridized carbons (Fsp3) is 0.458. The number of benzene rings is 2. The Morgan fingerprint density at radius 1 is 1.23 bits per heavy atom. The Morgan fingerprint density at radius 2 is 2.00 bits per heavy atom. The molecule has 1 atom stereocenters. The maximum absolute atomic E-state index is 13.5. The Hall–Kier alpha value is -2.38. The van der Waals surface area contributed by atoms with Crippen LogP contribution >= 0.6 is 11.5 Å². The number of fused-ring (bicyclic) bond motifs is 1. The molecule has 31 heavy (non-hydrogen) atoms. The van der Waals surface area contributed by atoms with Crippen LogP contribution in [0.2, 0.25) is 0 Å². The van der Waals surface area contributed by atoms with Gasteiger partial charge < -0.3 is 19.5 Å². The summed E-state index contributed by atoms with van der Waals surface area (Å²) < 4.78 is 30.8. The lowest BCUT2D eigenvalue weighted by Gasteiger charge is -2.34. The van der Waals surface area contributed by atoms with Gasteiger partial charge in [-0.1, -0.05) is 13.0 Å². The van der Waals surface area contributed by atoms with E-state index in [0.29, 0.717) is 24.0 Å². The smallest absolute Gasteiger partial charge is 0.184 e. The summed E-state index contributed by atoms with van der Waals surface area (Å²) in [5.74, 6) is 1.45. The van der Waals surface area contributed by atoms with Crippen LogP contribution in [0.3, 0.4) is 0 Å². The van der Waals surface area contributed by atoms with Crippen molar-refractivity contribution in [3.63, 3.8) is 0 Å². The molecule has 1 fully saturated rings. The number of hydrogen-bond donors (Lipinski definition) is 1. The fourth-order valence-corrected chi connectivity index (χ4v) is 5.20. The molecule has 0 aliphatic carbocycles. The lowest BCUT2D eigenvalue weighted by molar-refractivity contribution is 0.189. The largest absolute Gasteiger partial charge is 0.491 e. The number of aliphatic hydroxyl groups excluding tert-OH is 1. The first-order chi connectivity index (χ1) is 15.0. The number of hydrogen-bond acceptors (Lipinski definition) is 6. The van der Waals surface area contributed by atoms with Crippen LogP contribution in [-0.4, -0.2) is 36.3 Å². The van der Waals surface area contributed by atoms with Gasteiger partial charge in [0.2, 0.25) is 0 Å². The number of aliphatic hydroxyl groups is 1. The highest BCUT2D eigenvalue weighted by molar-refractivity contribution is 7.13. The van der Waals surface area contributed by atoms with Gasteiger partial charge in [0.05, 0.1) is 35.9 Å². The molecular weight excluding hydrogens is 415 g/mol. The summed E-state index contributed by atoms with van der Waals surface area (Å²) in [6, 6.07) is 8.88. The second-order valence-electron chi connectivity index (χ2n) is 8.03. The molecule has 3 aromatic rings. The first kappa shape index (κ1) is 21.8. The van der Waals surface area contributed by atoms with Crippen LogP contribution in [0.4, 0.5) is 10.1 Å². The van der Waals surface area contributed by atoms with Crippen LogP contribution in [0.1, 0.15) is 56.4 Å². The molecule has 1 unspecified atom stereocenters. The van der Waals surface area contributed by atoms with E-state index < -0.39 is 6.10 Å². The molecule has 1 N–H and O–H groups in total. The van der Waals surface area contributed by atoms with Crippen LogP contribution < -0.4 is 14.4 Å². The number of halogens is 1. The standard InChI is InChI=1S/C24H29FN2O3S/c1-4-13-30-23-18(15(2)28)7-8-20(24(23)29-3)27-11-9-16(10-12-27)22-19-6-5-17(25)14-21(19)31-26-22/h5-8,14-16,28H,4,9-13H2,1-3H3. The monoisotopic (exact) mass is 444 g/mol. The Kier molecular flexibility index (Phi) is 6.62. The molecule has 1 aromatic heterocycles. The number of rotatable bonds is 7. The van der Waals surface area contributed by atoms with Gasteiger partial charge in [0.25, 0.3) is 0 Å². The third kappa shape index (κ3) is 4.34. The molecule has 2 aromatic carbocycles. The van der Waals surface area contributed by atoms with E-state index in [1.54, 1.807) is 20.1 Å². The number of aromatic nitrogens is 1. The van der Waals surface area contributed by atoms with Gasteiger partial charge in [0.1, 0.15) is 5.82 Å². The Balaban J connectivity index is 1.56. The van der Waals surface area contributed by atoms with Crippen molar-refractivity contribution in [2.75, 3.05) is 31.7 Å². The van der Waals surface area contributed by atoms with E-state index in [4.69, 9.17) is 9.47 Å².